The number of carbonyl (C=O) groups is 2. The Morgan fingerprint density at radius 1 is 0.880 bits per heavy atom. The van der Waals surface area contributed by atoms with Crippen LogP contribution >= 0.6 is 11.6 Å². The van der Waals surface area contributed by atoms with Crippen LogP contribution in [0.15, 0.2) is 48.5 Å². The van der Waals surface area contributed by atoms with Crippen LogP contribution in [0.3, 0.4) is 0 Å². The van der Waals surface area contributed by atoms with E-state index >= 15 is 0 Å². The molecule has 0 bridgehead atoms. The summed E-state index contributed by atoms with van der Waals surface area (Å²) in [5.74, 6) is -0.771. The van der Waals surface area contributed by atoms with Crippen LogP contribution < -0.4 is 10.6 Å². The van der Waals surface area contributed by atoms with E-state index in [1.165, 1.54) is 5.56 Å². The third kappa shape index (κ3) is 6.24. The minimum Gasteiger partial charge on any atom is -0.348 e. The molecule has 2 aromatic carbocycles. The van der Waals surface area contributed by atoms with Crippen LogP contribution in [0.4, 0.5) is 0 Å². The Balaban J connectivity index is 1.72. The molecule has 2 aromatic rings. The Morgan fingerprint density at radius 3 is 2.04 bits per heavy atom. The third-order valence-electron chi connectivity index (χ3n) is 3.92. The summed E-state index contributed by atoms with van der Waals surface area (Å²) >= 11 is 5.82. The van der Waals surface area contributed by atoms with Gasteiger partial charge in [-0.3, -0.25) is 9.59 Å². The molecule has 0 aliphatic carbocycles. The highest BCUT2D eigenvalue weighted by atomic mass is 35.5. The lowest BCUT2D eigenvalue weighted by molar-refractivity contribution is -0.139. The fraction of sp³-hybridized carbons (Fsp3) is 0.300. The van der Waals surface area contributed by atoms with E-state index in [2.05, 4.69) is 24.5 Å². The van der Waals surface area contributed by atoms with Crippen LogP contribution in [0.1, 0.15) is 36.5 Å². The van der Waals surface area contributed by atoms with E-state index in [-0.39, 0.29) is 0 Å². The summed E-state index contributed by atoms with van der Waals surface area (Å²) in [6, 6.07) is 15.4. The van der Waals surface area contributed by atoms with Gasteiger partial charge in [0.25, 0.3) is 0 Å². The minimum atomic E-state index is -0.621. The number of rotatable bonds is 6. The van der Waals surface area contributed by atoms with Crippen LogP contribution in [-0.2, 0) is 22.6 Å². The molecular weight excluding hydrogens is 336 g/mol. The predicted molar refractivity (Wildman–Crippen MR) is 101 cm³/mol. The van der Waals surface area contributed by atoms with Gasteiger partial charge in [-0.25, -0.2) is 0 Å². The second-order valence-corrected chi connectivity index (χ2v) is 6.65. The predicted octanol–water partition coefficient (Wildman–Crippen LogP) is 3.44. The molecule has 0 aromatic heterocycles. The average molecular weight is 359 g/mol. The van der Waals surface area contributed by atoms with Crippen LogP contribution in [-0.4, -0.2) is 18.4 Å². The number of halogens is 1. The van der Waals surface area contributed by atoms with Gasteiger partial charge in [-0.2, -0.15) is 0 Å². The summed E-state index contributed by atoms with van der Waals surface area (Å²) in [7, 11) is 0. The van der Waals surface area contributed by atoms with Gasteiger partial charge >= 0.3 is 11.8 Å². The zero-order valence-corrected chi connectivity index (χ0v) is 15.3. The Morgan fingerprint density at radius 2 is 1.44 bits per heavy atom. The van der Waals surface area contributed by atoms with E-state index in [9.17, 15) is 9.59 Å². The largest absolute Gasteiger partial charge is 0.348 e. The van der Waals surface area contributed by atoms with Crippen molar-refractivity contribution in [3.8, 4) is 0 Å². The molecule has 0 saturated heterocycles. The van der Waals surface area contributed by atoms with Crippen molar-refractivity contribution in [3.63, 3.8) is 0 Å². The van der Waals surface area contributed by atoms with E-state index in [0.717, 1.165) is 11.1 Å². The maximum Gasteiger partial charge on any atom is 0.309 e. The van der Waals surface area contributed by atoms with Gasteiger partial charge in [-0.1, -0.05) is 61.8 Å². The van der Waals surface area contributed by atoms with Gasteiger partial charge in [0.2, 0.25) is 0 Å². The van der Waals surface area contributed by atoms with Crippen molar-refractivity contribution in [2.75, 3.05) is 6.54 Å². The Hall–Kier alpha value is -2.33. The van der Waals surface area contributed by atoms with Crippen molar-refractivity contribution in [2.45, 2.75) is 32.7 Å². The molecule has 0 unspecified atom stereocenters. The monoisotopic (exact) mass is 358 g/mol. The highest BCUT2D eigenvalue weighted by molar-refractivity contribution is 6.35. The summed E-state index contributed by atoms with van der Waals surface area (Å²) in [4.78, 5) is 23.6. The number of nitrogens with one attached hydrogen (secondary N) is 2. The normalized spacial score (nSPS) is 10.6. The smallest absolute Gasteiger partial charge is 0.309 e. The number of hydrogen-bond acceptors (Lipinski definition) is 2. The summed E-state index contributed by atoms with van der Waals surface area (Å²) < 4.78 is 0. The molecule has 0 saturated carbocycles. The molecule has 5 heteroatoms. The molecular formula is C20H23ClN2O2. The second kappa shape index (κ2) is 9.23. The summed E-state index contributed by atoms with van der Waals surface area (Å²) in [6.07, 6.45) is 0.646. The van der Waals surface area contributed by atoms with Crippen LogP contribution in [0.5, 0.6) is 0 Å². The zero-order valence-electron chi connectivity index (χ0n) is 14.5. The highest BCUT2D eigenvalue weighted by Gasteiger charge is 2.12. The number of carbonyl (C=O) groups excluding carboxylic acids is 2. The molecule has 2 amide bonds. The lowest BCUT2D eigenvalue weighted by Gasteiger charge is -2.09. The number of amides is 2. The van der Waals surface area contributed by atoms with E-state index in [1.54, 1.807) is 12.1 Å². The van der Waals surface area contributed by atoms with Gasteiger partial charge in [0, 0.05) is 18.1 Å². The average Bonchev–Trinajstić information content (AvgIpc) is 2.61. The molecule has 2 rings (SSSR count). The van der Waals surface area contributed by atoms with Gasteiger partial charge in [0.05, 0.1) is 0 Å². The van der Waals surface area contributed by atoms with Crippen molar-refractivity contribution < 1.29 is 9.59 Å². The Labute approximate surface area is 153 Å². The van der Waals surface area contributed by atoms with Crippen molar-refractivity contribution in [1.82, 2.24) is 10.6 Å². The maximum atomic E-state index is 11.8. The summed E-state index contributed by atoms with van der Waals surface area (Å²) in [6.45, 7) is 5.00. The Kier molecular flexibility index (Phi) is 7.02. The van der Waals surface area contributed by atoms with Gasteiger partial charge in [0.1, 0.15) is 0 Å². The molecule has 0 spiro atoms. The van der Waals surface area contributed by atoms with Crippen molar-refractivity contribution in [1.29, 1.82) is 0 Å². The third-order valence-corrected chi connectivity index (χ3v) is 4.17. The van der Waals surface area contributed by atoms with Crippen molar-refractivity contribution in [3.05, 3.63) is 70.2 Å². The molecule has 0 aliphatic rings. The number of hydrogen-bond donors (Lipinski definition) is 2. The number of benzene rings is 2. The fourth-order valence-corrected chi connectivity index (χ4v) is 2.46. The van der Waals surface area contributed by atoms with E-state index in [1.807, 2.05) is 36.4 Å². The Bertz CT molecular complexity index is 709. The molecule has 4 nitrogen and oxygen atoms in total. The van der Waals surface area contributed by atoms with Gasteiger partial charge < -0.3 is 10.6 Å². The van der Waals surface area contributed by atoms with Gasteiger partial charge in [-0.15, -0.1) is 0 Å². The van der Waals surface area contributed by atoms with Crippen LogP contribution in [0.2, 0.25) is 5.02 Å². The molecule has 0 fully saturated rings. The maximum absolute atomic E-state index is 11.8. The van der Waals surface area contributed by atoms with Gasteiger partial charge in [-0.05, 0) is 41.2 Å². The first-order valence-corrected chi connectivity index (χ1v) is 8.73. The molecule has 0 radical (unpaired) electrons. The molecule has 0 atom stereocenters. The fourth-order valence-electron chi connectivity index (χ4n) is 2.33. The van der Waals surface area contributed by atoms with Gasteiger partial charge in [0.15, 0.2) is 0 Å². The minimum absolute atomic E-state index is 0.335. The SMILES string of the molecule is CC(C)c1ccc(CNC(=O)C(=O)NCCc2ccc(Cl)cc2)cc1. The van der Waals surface area contributed by atoms with E-state index < -0.39 is 11.8 Å². The molecule has 25 heavy (non-hydrogen) atoms. The summed E-state index contributed by atoms with van der Waals surface area (Å²) in [5.41, 5.74) is 3.26. The first kappa shape index (κ1) is 19.0. The highest BCUT2D eigenvalue weighted by Crippen LogP contribution is 2.14. The second-order valence-electron chi connectivity index (χ2n) is 6.21. The quantitative estimate of drug-likeness (QED) is 0.777. The first-order valence-electron chi connectivity index (χ1n) is 8.35. The lowest BCUT2D eigenvalue weighted by atomic mass is 10.0. The first-order chi connectivity index (χ1) is 12.0. The molecule has 0 heterocycles. The lowest BCUT2D eigenvalue weighted by Crippen LogP contribution is -2.40. The summed E-state index contributed by atoms with van der Waals surface area (Å²) in [5, 5.41) is 5.93. The molecule has 2 N–H and O–H groups in total. The van der Waals surface area contributed by atoms with E-state index in [0.29, 0.717) is 30.5 Å². The zero-order chi connectivity index (χ0) is 18.2. The topological polar surface area (TPSA) is 58.2 Å². The van der Waals surface area contributed by atoms with Crippen LogP contribution in [0.25, 0.3) is 0 Å². The molecule has 0 aliphatic heterocycles. The van der Waals surface area contributed by atoms with E-state index in [4.69, 9.17) is 11.6 Å². The standard InChI is InChI=1S/C20H23ClN2O2/c1-14(2)17-7-3-16(4-8-17)13-23-20(25)19(24)22-12-11-15-5-9-18(21)10-6-15/h3-10,14H,11-13H2,1-2H3,(H,22,24)(H,23,25). The molecule has 132 valence electrons. The van der Waals surface area contributed by atoms with Crippen LogP contribution in [0, 0.1) is 0 Å². The van der Waals surface area contributed by atoms with Crippen molar-refractivity contribution in [2.24, 2.45) is 0 Å². The van der Waals surface area contributed by atoms with Crippen molar-refractivity contribution >= 4 is 23.4 Å².